The number of pyridine rings is 2. The van der Waals surface area contributed by atoms with Gasteiger partial charge in [-0.15, -0.1) is 0 Å². The van der Waals surface area contributed by atoms with Crippen molar-refractivity contribution in [1.29, 1.82) is 0 Å². The second kappa shape index (κ2) is 10.5. The van der Waals surface area contributed by atoms with E-state index in [1.165, 1.54) is 0 Å². The maximum absolute atomic E-state index is 4.94. The summed E-state index contributed by atoms with van der Waals surface area (Å²) in [7, 11) is 0. The van der Waals surface area contributed by atoms with Gasteiger partial charge in [0.05, 0.1) is 28.8 Å². The number of aryl methyl sites for hydroxylation is 1. The number of fused-ring (bicyclic) bond motifs is 1. The summed E-state index contributed by atoms with van der Waals surface area (Å²) in [5.74, 6) is 0.686. The fourth-order valence-corrected chi connectivity index (χ4v) is 4.37. The van der Waals surface area contributed by atoms with E-state index >= 15 is 0 Å². The van der Waals surface area contributed by atoms with Crippen LogP contribution in [0.4, 0.5) is 5.69 Å². The van der Waals surface area contributed by atoms with Crippen LogP contribution >= 0.6 is 0 Å². The maximum atomic E-state index is 4.94. The van der Waals surface area contributed by atoms with E-state index in [9.17, 15) is 0 Å². The highest BCUT2D eigenvalue weighted by Gasteiger charge is 2.18. The number of allylic oxidation sites excluding steroid dienone is 3. The second-order valence-electron chi connectivity index (χ2n) is 8.86. The van der Waals surface area contributed by atoms with Crippen LogP contribution in [-0.2, 0) is 0 Å². The summed E-state index contributed by atoms with van der Waals surface area (Å²) < 4.78 is 0. The van der Waals surface area contributed by atoms with Crippen molar-refractivity contribution in [2.75, 3.05) is 5.32 Å². The van der Waals surface area contributed by atoms with Crippen LogP contribution < -0.4 is 5.32 Å². The molecule has 7 heteroatoms. The van der Waals surface area contributed by atoms with E-state index in [0.717, 1.165) is 74.6 Å². The van der Waals surface area contributed by atoms with Gasteiger partial charge >= 0.3 is 0 Å². The van der Waals surface area contributed by atoms with Gasteiger partial charge in [-0.05, 0) is 49.2 Å². The Labute approximate surface area is 216 Å². The zero-order valence-electron chi connectivity index (χ0n) is 21.0. The first-order valence-electron chi connectivity index (χ1n) is 12.3. The lowest BCUT2D eigenvalue weighted by molar-refractivity contribution is 0.913. The van der Waals surface area contributed by atoms with Gasteiger partial charge in [0.15, 0.2) is 5.82 Å². The van der Waals surface area contributed by atoms with Crippen LogP contribution in [0, 0.1) is 6.92 Å². The quantitative estimate of drug-likeness (QED) is 0.193. The fraction of sp³-hybridized carbons (Fsp3) is 0.133. The molecule has 1 aromatic carbocycles. The Kier molecular flexibility index (Phi) is 6.76. The van der Waals surface area contributed by atoms with Gasteiger partial charge in [0.2, 0.25) is 0 Å². The van der Waals surface area contributed by atoms with Crippen LogP contribution in [0.25, 0.3) is 39.1 Å². The Bertz CT molecular complexity index is 1610. The van der Waals surface area contributed by atoms with Crippen LogP contribution in [-0.4, -0.2) is 30.1 Å². The molecule has 0 saturated heterocycles. The minimum absolute atomic E-state index is 0.686. The van der Waals surface area contributed by atoms with E-state index in [-0.39, 0.29) is 0 Å². The molecule has 0 radical (unpaired) electrons. The summed E-state index contributed by atoms with van der Waals surface area (Å²) in [6.07, 6.45) is 11.1. The highest BCUT2D eigenvalue weighted by molar-refractivity contribution is 5.95. The molecule has 184 valence electrons. The summed E-state index contributed by atoms with van der Waals surface area (Å²) in [6, 6.07) is 14.1. The highest BCUT2D eigenvalue weighted by atomic mass is 15.1. The smallest absolute Gasteiger partial charge is 0.159 e. The number of H-pyrrole nitrogens is 2. The van der Waals surface area contributed by atoms with Gasteiger partial charge in [-0.2, -0.15) is 5.10 Å². The molecular formula is C30H29N7. The predicted octanol–water partition coefficient (Wildman–Crippen LogP) is 7.06. The van der Waals surface area contributed by atoms with Gasteiger partial charge < -0.3 is 10.3 Å². The van der Waals surface area contributed by atoms with Crippen LogP contribution in [0.3, 0.4) is 0 Å². The van der Waals surface area contributed by atoms with Gasteiger partial charge in [0.25, 0.3) is 0 Å². The largest absolute Gasteiger partial charge is 0.358 e. The van der Waals surface area contributed by atoms with Gasteiger partial charge in [0.1, 0.15) is 5.69 Å². The van der Waals surface area contributed by atoms with Crippen molar-refractivity contribution in [3.8, 4) is 22.6 Å². The van der Waals surface area contributed by atoms with Crippen molar-refractivity contribution in [1.82, 2.24) is 30.1 Å². The van der Waals surface area contributed by atoms with Gasteiger partial charge in [-0.3, -0.25) is 15.1 Å². The monoisotopic (exact) mass is 487 g/mol. The van der Waals surface area contributed by atoms with E-state index < -0.39 is 0 Å². The number of hydrogen-bond acceptors (Lipinski definition) is 5. The average molecular weight is 488 g/mol. The molecule has 0 fully saturated rings. The molecular weight excluding hydrogens is 458 g/mol. The van der Waals surface area contributed by atoms with Gasteiger partial charge in [-0.1, -0.05) is 50.8 Å². The lowest BCUT2D eigenvalue weighted by atomic mass is 10.0. The first-order valence-corrected chi connectivity index (χ1v) is 12.3. The van der Waals surface area contributed by atoms with E-state index in [2.05, 4.69) is 68.7 Å². The molecule has 0 aliphatic heterocycles. The van der Waals surface area contributed by atoms with Crippen LogP contribution in [0.5, 0.6) is 0 Å². The van der Waals surface area contributed by atoms with Crippen molar-refractivity contribution in [3.05, 3.63) is 109 Å². The number of nitrogens with one attached hydrogen (secondary N) is 3. The summed E-state index contributed by atoms with van der Waals surface area (Å²) in [4.78, 5) is 17.3. The Hall–Kier alpha value is -4.78. The van der Waals surface area contributed by atoms with E-state index in [1.54, 1.807) is 12.3 Å². The molecule has 0 aliphatic carbocycles. The topological polar surface area (TPSA) is 95.2 Å². The minimum Gasteiger partial charge on any atom is -0.358 e. The van der Waals surface area contributed by atoms with E-state index in [1.807, 2.05) is 49.7 Å². The number of aromatic amines is 2. The van der Waals surface area contributed by atoms with Crippen LogP contribution in [0.15, 0.2) is 92.1 Å². The lowest BCUT2D eigenvalue weighted by Gasteiger charge is -2.10. The molecule has 0 atom stereocenters. The van der Waals surface area contributed by atoms with Crippen molar-refractivity contribution in [2.24, 2.45) is 0 Å². The molecule has 0 amide bonds. The number of aromatic nitrogens is 6. The first kappa shape index (κ1) is 23.9. The number of nitrogens with zero attached hydrogens (tertiary/aromatic N) is 4. The van der Waals surface area contributed by atoms with Crippen molar-refractivity contribution < 1.29 is 0 Å². The zero-order valence-corrected chi connectivity index (χ0v) is 21.0. The van der Waals surface area contributed by atoms with Crippen molar-refractivity contribution >= 4 is 22.2 Å². The van der Waals surface area contributed by atoms with Crippen LogP contribution in [0.1, 0.15) is 36.8 Å². The summed E-state index contributed by atoms with van der Waals surface area (Å²) in [5.41, 5.74) is 9.11. The number of imidazole rings is 1. The van der Waals surface area contributed by atoms with E-state index in [4.69, 9.17) is 4.98 Å². The van der Waals surface area contributed by atoms with Gasteiger partial charge in [0, 0.05) is 40.3 Å². The molecule has 0 unspecified atom stereocenters. The fourth-order valence-electron chi connectivity index (χ4n) is 4.37. The van der Waals surface area contributed by atoms with Crippen molar-refractivity contribution in [3.63, 3.8) is 0 Å². The molecule has 4 heterocycles. The van der Waals surface area contributed by atoms with Gasteiger partial charge in [-0.25, -0.2) is 4.98 Å². The minimum atomic E-state index is 0.686. The lowest BCUT2D eigenvalue weighted by Crippen LogP contribution is -1.98. The third kappa shape index (κ3) is 4.97. The number of anilines is 1. The SMILES string of the molecule is C=C/C=C(/c1ccccn1)c1nc(-c2n[nH]c3ccc(-c4cncc(NC(=C)CCC)c4)cc23)[nH]c1C. The summed E-state index contributed by atoms with van der Waals surface area (Å²) >= 11 is 0. The molecule has 37 heavy (non-hydrogen) atoms. The maximum Gasteiger partial charge on any atom is 0.159 e. The molecule has 0 bridgehead atoms. The normalized spacial score (nSPS) is 11.6. The molecule has 4 aromatic heterocycles. The second-order valence-corrected chi connectivity index (χ2v) is 8.86. The Morgan fingerprint density at radius 2 is 2.00 bits per heavy atom. The molecule has 5 aromatic rings. The molecule has 3 N–H and O–H groups in total. The molecule has 5 rings (SSSR count). The third-order valence-electron chi connectivity index (χ3n) is 6.10. The highest BCUT2D eigenvalue weighted by Crippen LogP contribution is 2.32. The Balaban J connectivity index is 1.52. The average Bonchev–Trinajstić information content (AvgIpc) is 3.51. The Morgan fingerprint density at radius 1 is 1.11 bits per heavy atom. The molecule has 0 spiro atoms. The number of hydrogen-bond donors (Lipinski definition) is 3. The predicted molar refractivity (Wildman–Crippen MR) is 151 cm³/mol. The summed E-state index contributed by atoms with van der Waals surface area (Å²) in [6.45, 7) is 12.1. The van der Waals surface area contributed by atoms with Crippen LogP contribution in [0.2, 0.25) is 0 Å². The number of rotatable bonds is 9. The number of benzene rings is 1. The molecule has 0 aliphatic rings. The van der Waals surface area contributed by atoms with E-state index in [0.29, 0.717) is 5.82 Å². The zero-order chi connectivity index (χ0) is 25.8. The molecule has 7 nitrogen and oxygen atoms in total. The first-order chi connectivity index (χ1) is 18.1. The molecule has 0 saturated carbocycles. The summed E-state index contributed by atoms with van der Waals surface area (Å²) in [5, 5.41) is 12.1. The Morgan fingerprint density at radius 3 is 2.78 bits per heavy atom. The van der Waals surface area contributed by atoms with Crippen molar-refractivity contribution in [2.45, 2.75) is 26.7 Å². The third-order valence-corrected chi connectivity index (χ3v) is 6.10. The standard InChI is InChI=1S/C30H29N7/c1-5-9-19(3)33-23-15-22(17-31-18-23)21-12-13-27-25(16-21)29(37-36-27)30-34-20(4)28(35-30)24(10-6-2)26-11-7-8-14-32-26/h6-8,10-18,33H,2-3,5,9H2,1,4H3,(H,34,35)(H,36,37)/b24-10-.